The van der Waals surface area contributed by atoms with Gasteiger partial charge in [0.1, 0.15) is 0 Å². The average Bonchev–Trinajstić information content (AvgIpc) is 2.64. The van der Waals surface area contributed by atoms with E-state index in [9.17, 15) is 4.79 Å². The van der Waals surface area contributed by atoms with Crippen molar-refractivity contribution in [2.45, 2.75) is 40.3 Å². The summed E-state index contributed by atoms with van der Waals surface area (Å²) >= 11 is 0. The SMILES string of the molecule is CCNC(=NCc1cccc(NC(=O)CC(C)C)c1)NCc1ccccn1. The van der Waals surface area contributed by atoms with Crippen molar-refractivity contribution in [2.24, 2.45) is 10.9 Å². The van der Waals surface area contributed by atoms with E-state index in [2.05, 4.69) is 25.9 Å². The molecule has 2 rings (SSSR count). The van der Waals surface area contributed by atoms with Crippen molar-refractivity contribution in [3.8, 4) is 0 Å². The van der Waals surface area contributed by atoms with Crippen molar-refractivity contribution >= 4 is 17.6 Å². The minimum atomic E-state index is 0.0380. The molecule has 0 aliphatic rings. The number of guanidine groups is 1. The highest BCUT2D eigenvalue weighted by Gasteiger charge is 2.06. The average molecular weight is 367 g/mol. The Hall–Kier alpha value is -2.89. The largest absolute Gasteiger partial charge is 0.357 e. The summed E-state index contributed by atoms with van der Waals surface area (Å²) in [6.45, 7) is 8.00. The summed E-state index contributed by atoms with van der Waals surface area (Å²) in [5, 5.41) is 9.46. The van der Waals surface area contributed by atoms with Gasteiger partial charge in [-0.15, -0.1) is 0 Å². The predicted molar refractivity (Wildman–Crippen MR) is 110 cm³/mol. The first-order valence-electron chi connectivity index (χ1n) is 9.37. The van der Waals surface area contributed by atoms with Crippen LogP contribution in [-0.4, -0.2) is 23.4 Å². The number of pyridine rings is 1. The topological polar surface area (TPSA) is 78.4 Å². The zero-order chi connectivity index (χ0) is 19.5. The molecule has 0 bridgehead atoms. The van der Waals surface area contributed by atoms with Gasteiger partial charge in [-0.3, -0.25) is 9.78 Å². The summed E-state index contributed by atoms with van der Waals surface area (Å²) in [5.74, 6) is 1.11. The molecule has 0 spiro atoms. The fourth-order valence-corrected chi connectivity index (χ4v) is 2.52. The summed E-state index contributed by atoms with van der Waals surface area (Å²) in [7, 11) is 0. The van der Waals surface area contributed by atoms with Gasteiger partial charge in [-0.2, -0.15) is 0 Å². The summed E-state index contributed by atoms with van der Waals surface area (Å²) in [5.41, 5.74) is 2.80. The lowest BCUT2D eigenvalue weighted by molar-refractivity contribution is -0.116. The Morgan fingerprint density at radius 2 is 2.00 bits per heavy atom. The van der Waals surface area contributed by atoms with E-state index in [4.69, 9.17) is 0 Å². The first kappa shape index (κ1) is 20.4. The zero-order valence-electron chi connectivity index (χ0n) is 16.3. The van der Waals surface area contributed by atoms with Crippen LogP contribution in [0.25, 0.3) is 0 Å². The molecule has 1 aromatic heterocycles. The second kappa shape index (κ2) is 11.0. The van der Waals surface area contributed by atoms with Gasteiger partial charge < -0.3 is 16.0 Å². The Labute approximate surface area is 161 Å². The molecular weight excluding hydrogens is 338 g/mol. The van der Waals surface area contributed by atoms with E-state index in [-0.39, 0.29) is 5.91 Å². The zero-order valence-corrected chi connectivity index (χ0v) is 16.3. The van der Waals surface area contributed by atoms with Gasteiger partial charge in [0.05, 0.1) is 18.8 Å². The van der Waals surface area contributed by atoms with Crippen LogP contribution in [0.5, 0.6) is 0 Å². The minimum absolute atomic E-state index is 0.0380. The van der Waals surface area contributed by atoms with Gasteiger partial charge in [-0.05, 0) is 42.7 Å². The van der Waals surface area contributed by atoms with E-state index in [0.29, 0.717) is 25.4 Å². The molecule has 1 aromatic carbocycles. The maximum Gasteiger partial charge on any atom is 0.224 e. The highest BCUT2D eigenvalue weighted by atomic mass is 16.1. The minimum Gasteiger partial charge on any atom is -0.357 e. The maximum atomic E-state index is 11.9. The Bertz CT molecular complexity index is 743. The third-order valence-corrected chi connectivity index (χ3v) is 3.73. The van der Waals surface area contributed by atoms with Crippen LogP contribution < -0.4 is 16.0 Å². The number of carbonyl (C=O) groups is 1. The molecule has 0 unspecified atom stereocenters. The summed E-state index contributed by atoms with van der Waals surface area (Å²) in [4.78, 5) is 20.9. The molecule has 0 atom stereocenters. The Morgan fingerprint density at radius 3 is 2.70 bits per heavy atom. The monoisotopic (exact) mass is 367 g/mol. The molecule has 2 aromatic rings. The van der Waals surface area contributed by atoms with Crippen molar-refractivity contribution in [1.29, 1.82) is 0 Å². The normalized spacial score (nSPS) is 11.3. The van der Waals surface area contributed by atoms with Crippen LogP contribution in [0.1, 0.15) is 38.4 Å². The van der Waals surface area contributed by atoms with Crippen LogP contribution in [0, 0.1) is 5.92 Å². The van der Waals surface area contributed by atoms with Gasteiger partial charge in [-0.25, -0.2) is 4.99 Å². The molecule has 1 amide bonds. The molecule has 144 valence electrons. The Morgan fingerprint density at radius 1 is 1.15 bits per heavy atom. The third-order valence-electron chi connectivity index (χ3n) is 3.73. The molecule has 0 aliphatic carbocycles. The molecular formula is C21H29N5O. The lowest BCUT2D eigenvalue weighted by Crippen LogP contribution is -2.37. The second-order valence-electron chi connectivity index (χ2n) is 6.72. The standard InChI is InChI=1S/C21H29N5O/c1-4-22-21(25-15-19-9-5-6-11-23-19)24-14-17-8-7-10-18(13-17)26-20(27)12-16(2)3/h5-11,13,16H,4,12,14-15H2,1-3H3,(H,26,27)(H2,22,24,25). The van der Waals surface area contributed by atoms with Crippen molar-refractivity contribution in [3.63, 3.8) is 0 Å². The van der Waals surface area contributed by atoms with Gasteiger partial charge in [0, 0.05) is 24.8 Å². The Kier molecular flexibility index (Phi) is 8.29. The first-order valence-corrected chi connectivity index (χ1v) is 9.37. The molecule has 27 heavy (non-hydrogen) atoms. The highest BCUT2D eigenvalue weighted by molar-refractivity contribution is 5.90. The first-order chi connectivity index (χ1) is 13.1. The number of amides is 1. The van der Waals surface area contributed by atoms with Gasteiger partial charge in [0.15, 0.2) is 5.96 Å². The summed E-state index contributed by atoms with van der Waals surface area (Å²) in [6.07, 6.45) is 2.30. The number of aliphatic imine (C=N–C) groups is 1. The molecule has 0 saturated carbocycles. The lowest BCUT2D eigenvalue weighted by Gasteiger charge is -2.11. The number of hydrogen-bond acceptors (Lipinski definition) is 3. The molecule has 6 heteroatoms. The van der Waals surface area contributed by atoms with Crippen molar-refractivity contribution < 1.29 is 4.79 Å². The molecule has 0 saturated heterocycles. The number of hydrogen-bond donors (Lipinski definition) is 3. The third kappa shape index (κ3) is 7.90. The second-order valence-corrected chi connectivity index (χ2v) is 6.72. The molecule has 1 heterocycles. The number of benzene rings is 1. The van der Waals surface area contributed by atoms with Gasteiger partial charge >= 0.3 is 0 Å². The van der Waals surface area contributed by atoms with Crippen LogP contribution in [-0.2, 0) is 17.9 Å². The maximum absolute atomic E-state index is 11.9. The van der Waals surface area contributed by atoms with E-state index in [1.54, 1.807) is 6.20 Å². The number of nitrogens with one attached hydrogen (secondary N) is 3. The van der Waals surface area contributed by atoms with Crippen LogP contribution in [0.3, 0.4) is 0 Å². The lowest BCUT2D eigenvalue weighted by atomic mass is 10.1. The van der Waals surface area contributed by atoms with Gasteiger partial charge in [0.2, 0.25) is 5.91 Å². The van der Waals surface area contributed by atoms with E-state index in [1.807, 2.05) is 63.2 Å². The number of nitrogens with zero attached hydrogens (tertiary/aromatic N) is 2. The summed E-state index contributed by atoms with van der Waals surface area (Å²) in [6, 6.07) is 13.6. The molecule has 0 aliphatic heterocycles. The van der Waals surface area contributed by atoms with Crippen molar-refractivity contribution in [3.05, 3.63) is 59.9 Å². The van der Waals surface area contributed by atoms with E-state index in [1.165, 1.54) is 0 Å². The fourth-order valence-electron chi connectivity index (χ4n) is 2.52. The van der Waals surface area contributed by atoms with Gasteiger partial charge in [0.25, 0.3) is 0 Å². The molecule has 0 fully saturated rings. The number of carbonyl (C=O) groups excluding carboxylic acids is 1. The smallest absolute Gasteiger partial charge is 0.224 e. The van der Waals surface area contributed by atoms with Crippen molar-refractivity contribution in [1.82, 2.24) is 15.6 Å². The van der Waals surface area contributed by atoms with Gasteiger partial charge in [-0.1, -0.05) is 32.0 Å². The van der Waals surface area contributed by atoms with Crippen LogP contribution in [0.2, 0.25) is 0 Å². The number of rotatable bonds is 8. The van der Waals surface area contributed by atoms with Crippen LogP contribution >= 0.6 is 0 Å². The number of aromatic nitrogens is 1. The van der Waals surface area contributed by atoms with Crippen molar-refractivity contribution in [2.75, 3.05) is 11.9 Å². The quantitative estimate of drug-likeness (QED) is 0.494. The van der Waals surface area contributed by atoms with Crippen LogP contribution in [0.15, 0.2) is 53.7 Å². The van der Waals surface area contributed by atoms with E-state index >= 15 is 0 Å². The summed E-state index contributed by atoms with van der Waals surface area (Å²) < 4.78 is 0. The van der Waals surface area contributed by atoms with Crippen LogP contribution in [0.4, 0.5) is 5.69 Å². The fraction of sp³-hybridized carbons (Fsp3) is 0.381. The molecule has 0 radical (unpaired) electrons. The van der Waals surface area contributed by atoms with E-state index < -0.39 is 0 Å². The highest BCUT2D eigenvalue weighted by Crippen LogP contribution is 2.13. The molecule has 3 N–H and O–H groups in total. The predicted octanol–water partition coefficient (Wildman–Crippen LogP) is 3.32. The van der Waals surface area contributed by atoms with E-state index in [0.717, 1.165) is 29.4 Å². The molecule has 6 nitrogen and oxygen atoms in total. The Balaban J connectivity index is 1.96. The number of anilines is 1.